The smallest absolute Gasteiger partial charge is 0.0540 e. The largest absolute Gasteiger partial charge is 0.395 e. The van der Waals surface area contributed by atoms with Gasteiger partial charge in [0.2, 0.25) is 0 Å². The first kappa shape index (κ1) is 8.83. The van der Waals surface area contributed by atoms with Crippen molar-refractivity contribution >= 4 is 0 Å². The van der Waals surface area contributed by atoms with Crippen molar-refractivity contribution in [1.82, 2.24) is 0 Å². The topological polar surface area (TPSA) is 20.2 Å². The summed E-state index contributed by atoms with van der Waals surface area (Å²) in [6, 6.07) is 10.7. The molecule has 0 fully saturated rings. The van der Waals surface area contributed by atoms with Gasteiger partial charge in [0, 0.05) is 12.8 Å². The lowest BCUT2D eigenvalue weighted by molar-refractivity contribution is 0.305. The maximum Gasteiger partial charge on any atom is 0.0540 e. The van der Waals surface area contributed by atoms with Gasteiger partial charge >= 0.3 is 0 Å². The second-order valence-electron chi connectivity index (χ2n) is 2.41. The summed E-state index contributed by atoms with van der Waals surface area (Å²) in [7, 11) is 0. The third-order valence-corrected chi connectivity index (χ3v) is 1.44. The molecule has 0 bridgehead atoms. The lowest BCUT2D eigenvalue weighted by atomic mass is 10.1. The molecule has 0 heterocycles. The van der Waals surface area contributed by atoms with Gasteiger partial charge in [-0.1, -0.05) is 30.2 Å². The summed E-state index contributed by atoms with van der Waals surface area (Å²) >= 11 is 0. The van der Waals surface area contributed by atoms with Gasteiger partial charge in [-0.15, -0.1) is 5.92 Å². The van der Waals surface area contributed by atoms with E-state index in [0.29, 0.717) is 6.42 Å². The molecule has 0 spiro atoms. The van der Waals surface area contributed by atoms with E-state index < -0.39 is 0 Å². The van der Waals surface area contributed by atoms with E-state index in [9.17, 15) is 0 Å². The second-order valence-corrected chi connectivity index (χ2v) is 2.41. The van der Waals surface area contributed by atoms with Crippen LogP contribution in [0.25, 0.3) is 0 Å². The monoisotopic (exact) mass is 159 g/mol. The van der Waals surface area contributed by atoms with Crippen LogP contribution in [0.3, 0.4) is 0 Å². The summed E-state index contributed by atoms with van der Waals surface area (Å²) < 4.78 is 0. The van der Waals surface area contributed by atoms with E-state index >= 15 is 0 Å². The summed E-state index contributed by atoms with van der Waals surface area (Å²) in [4.78, 5) is 0. The molecular formula is C11H11O. The highest BCUT2D eigenvalue weighted by molar-refractivity contribution is 5.20. The minimum absolute atomic E-state index is 0.148. The molecule has 0 aliphatic rings. The van der Waals surface area contributed by atoms with Gasteiger partial charge < -0.3 is 5.11 Å². The lowest BCUT2D eigenvalue weighted by Gasteiger charge is -1.90. The van der Waals surface area contributed by atoms with Crippen LogP contribution in [-0.4, -0.2) is 11.7 Å². The number of benzene rings is 1. The number of aliphatic hydroxyl groups is 1. The van der Waals surface area contributed by atoms with Crippen LogP contribution < -0.4 is 0 Å². The van der Waals surface area contributed by atoms with E-state index in [2.05, 4.69) is 17.9 Å². The van der Waals surface area contributed by atoms with E-state index in [1.807, 2.05) is 24.3 Å². The third-order valence-electron chi connectivity index (χ3n) is 1.44. The molecule has 1 aromatic rings. The summed E-state index contributed by atoms with van der Waals surface area (Å²) in [5, 5.41) is 8.46. The first-order chi connectivity index (χ1) is 5.93. The van der Waals surface area contributed by atoms with Crippen molar-refractivity contribution < 1.29 is 5.11 Å². The van der Waals surface area contributed by atoms with Crippen molar-refractivity contribution in [2.24, 2.45) is 0 Å². The Balaban J connectivity index is 2.40. The highest BCUT2D eigenvalue weighted by Crippen LogP contribution is 1.97. The average molecular weight is 159 g/mol. The maximum absolute atomic E-state index is 8.46. The van der Waals surface area contributed by atoms with Crippen molar-refractivity contribution in [2.75, 3.05) is 6.61 Å². The predicted octanol–water partition coefficient (Wildman–Crippen LogP) is 1.42. The summed E-state index contributed by atoms with van der Waals surface area (Å²) in [5.41, 5.74) is 1.19. The van der Waals surface area contributed by atoms with Crippen LogP contribution in [0.4, 0.5) is 0 Å². The van der Waals surface area contributed by atoms with Crippen molar-refractivity contribution in [3.8, 4) is 11.8 Å². The molecule has 12 heavy (non-hydrogen) atoms. The SMILES string of the molecule is OCCC#CCc1cc[c]cc1. The van der Waals surface area contributed by atoms with E-state index in [-0.39, 0.29) is 6.61 Å². The van der Waals surface area contributed by atoms with E-state index in [1.165, 1.54) is 5.56 Å². The number of hydrogen-bond donors (Lipinski definition) is 1. The fourth-order valence-corrected chi connectivity index (χ4v) is 0.848. The van der Waals surface area contributed by atoms with Crippen LogP contribution in [0.15, 0.2) is 24.3 Å². The van der Waals surface area contributed by atoms with Crippen molar-refractivity contribution in [1.29, 1.82) is 0 Å². The molecule has 0 saturated heterocycles. The van der Waals surface area contributed by atoms with Gasteiger partial charge in [-0.05, 0) is 11.6 Å². The van der Waals surface area contributed by atoms with Crippen LogP contribution in [0.1, 0.15) is 12.0 Å². The van der Waals surface area contributed by atoms with E-state index in [0.717, 1.165) is 6.42 Å². The van der Waals surface area contributed by atoms with Crippen molar-refractivity contribution in [3.63, 3.8) is 0 Å². The highest BCUT2D eigenvalue weighted by Gasteiger charge is 1.84. The summed E-state index contributed by atoms with van der Waals surface area (Å²) in [6.07, 6.45) is 1.33. The van der Waals surface area contributed by atoms with Gasteiger partial charge in [0.25, 0.3) is 0 Å². The molecule has 0 amide bonds. The van der Waals surface area contributed by atoms with Gasteiger partial charge in [-0.3, -0.25) is 0 Å². The Bertz CT molecular complexity index is 266. The Kier molecular flexibility index (Phi) is 3.97. The molecule has 1 nitrogen and oxygen atoms in total. The minimum Gasteiger partial charge on any atom is -0.395 e. The third kappa shape index (κ3) is 3.23. The van der Waals surface area contributed by atoms with E-state index in [4.69, 9.17) is 5.11 Å². The summed E-state index contributed by atoms with van der Waals surface area (Å²) in [5.74, 6) is 5.85. The van der Waals surface area contributed by atoms with Crippen LogP contribution in [0.5, 0.6) is 0 Å². The first-order valence-corrected chi connectivity index (χ1v) is 3.95. The van der Waals surface area contributed by atoms with Crippen molar-refractivity contribution in [2.45, 2.75) is 12.8 Å². The highest BCUT2D eigenvalue weighted by atomic mass is 16.2. The molecule has 0 aromatic heterocycles. The standard InChI is InChI=1S/C11H11O/c12-10-6-2-5-9-11-7-3-1-4-8-11/h3-4,7-8,12H,6,9-10H2. The zero-order chi connectivity index (χ0) is 8.65. The average Bonchev–Trinajstić information content (AvgIpc) is 2.14. The Morgan fingerprint density at radius 3 is 2.67 bits per heavy atom. The summed E-state index contributed by atoms with van der Waals surface area (Å²) in [6.45, 7) is 0.148. The van der Waals surface area contributed by atoms with Gasteiger partial charge in [-0.25, -0.2) is 0 Å². The molecule has 0 saturated carbocycles. The van der Waals surface area contributed by atoms with Crippen molar-refractivity contribution in [3.05, 3.63) is 35.9 Å². The van der Waals surface area contributed by atoms with Crippen LogP contribution in [-0.2, 0) is 6.42 Å². The zero-order valence-electron chi connectivity index (χ0n) is 6.88. The number of rotatable bonds is 2. The molecule has 1 radical (unpaired) electrons. The number of hydrogen-bond acceptors (Lipinski definition) is 1. The maximum atomic E-state index is 8.46. The molecule has 1 heteroatoms. The molecule has 0 aliphatic carbocycles. The van der Waals surface area contributed by atoms with Crippen LogP contribution >= 0.6 is 0 Å². The van der Waals surface area contributed by atoms with Gasteiger partial charge in [0.15, 0.2) is 0 Å². The Labute approximate surface area is 73.0 Å². The van der Waals surface area contributed by atoms with Gasteiger partial charge in [0.1, 0.15) is 0 Å². The normalized spacial score (nSPS) is 8.75. The first-order valence-electron chi connectivity index (χ1n) is 3.95. The molecule has 0 unspecified atom stereocenters. The predicted molar refractivity (Wildman–Crippen MR) is 48.5 cm³/mol. The minimum atomic E-state index is 0.148. The van der Waals surface area contributed by atoms with Crippen LogP contribution in [0, 0.1) is 17.9 Å². The molecule has 1 aromatic carbocycles. The van der Waals surface area contributed by atoms with Gasteiger partial charge in [-0.2, -0.15) is 0 Å². The Hall–Kier alpha value is -1.26. The lowest BCUT2D eigenvalue weighted by Crippen LogP contribution is -1.80. The molecule has 0 atom stereocenters. The number of aliphatic hydroxyl groups excluding tert-OH is 1. The second kappa shape index (κ2) is 5.40. The van der Waals surface area contributed by atoms with Gasteiger partial charge in [0.05, 0.1) is 6.61 Å². The molecule has 1 rings (SSSR count). The zero-order valence-corrected chi connectivity index (χ0v) is 6.88. The molecular weight excluding hydrogens is 148 g/mol. The molecule has 61 valence electrons. The fourth-order valence-electron chi connectivity index (χ4n) is 0.848. The van der Waals surface area contributed by atoms with E-state index in [1.54, 1.807) is 0 Å². The Morgan fingerprint density at radius 2 is 2.00 bits per heavy atom. The Morgan fingerprint density at radius 1 is 1.25 bits per heavy atom. The fraction of sp³-hybridized carbons (Fsp3) is 0.273. The van der Waals surface area contributed by atoms with Crippen LogP contribution in [0.2, 0.25) is 0 Å². The molecule has 0 aliphatic heterocycles. The molecule has 1 N–H and O–H groups in total. The quantitative estimate of drug-likeness (QED) is 0.647.